The Bertz CT molecular complexity index is 974. The van der Waals surface area contributed by atoms with E-state index >= 15 is 0 Å². The summed E-state index contributed by atoms with van der Waals surface area (Å²) in [5.41, 5.74) is 2.81. The molecular weight excluding hydrogens is 284 g/mol. The lowest BCUT2D eigenvalue weighted by atomic mass is 10.2. The van der Waals surface area contributed by atoms with Crippen molar-refractivity contribution < 1.29 is 9.47 Å². The van der Waals surface area contributed by atoms with Crippen LogP contribution >= 0.6 is 0 Å². The van der Waals surface area contributed by atoms with E-state index in [1.807, 2.05) is 12.1 Å². The molecule has 0 aliphatic rings. The number of rotatable bonds is 3. The molecule has 3 heterocycles. The molecule has 0 amide bonds. The van der Waals surface area contributed by atoms with Crippen LogP contribution in [0.2, 0.25) is 0 Å². The molecule has 4 aromatic rings. The minimum absolute atomic E-state index is 0.605. The normalized spacial score (nSPS) is 11.2. The maximum absolute atomic E-state index is 5.43. The van der Waals surface area contributed by atoms with E-state index in [9.17, 15) is 0 Å². The molecular formula is C14H12N6O2. The van der Waals surface area contributed by atoms with Crippen molar-refractivity contribution in [1.82, 2.24) is 29.5 Å². The molecule has 0 saturated carbocycles. The topological polar surface area (TPSA) is 90.2 Å². The average Bonchev–Trinajstić information content (AvgIpc) is 3.19. The number of benzene rings is 1. The van der Waals surface area contributed by atoms with E-state index < -0.39 is 0 Å². The number of methoxy groups -OCH3 is 2. The summed E-state index contributed by atoms with van der Waals surface area (Å²) in [7, 11) is 3.21. The monoisotopic (exact) mass is 296 g/mol. The molecule has 110 valence electrons. The van der Waals surface area contributed by atoms with Gasteiger partial charge >= 0.3 is 0 Å². The summed E-state index contributed by atoms with van der Waals surface area (Å²) >= 11 is 0. The van der Waals surface area contributed by atoms with E-state index in [0.717, 1.165) is 11.1 Å². The van der Waals surface area contributed by atoms with E-state index in [2.05, 4.69) is 25.1 Å². The molecule has 8 nitrogen and oxygen atoms in total. The van der Waals surface area contributed by atoms with Gasteiger partial charge in [-0.2, -0.15) is 0 Å². The van der Waals surface area contributed by atoms with Crippen LogP contribution in [0.4, 0.5) is 0 Å². The smallest absolute Gasteiger partial charge is 0.190 e. The zero-order chi connectivity index (χ0) is 15.1. The number of nitrogens with zero attached hydrogens (tertiary/aromatic N) is 5. The summed E-state index contributed by atoms with van der Waals surface area (Å²) in [6.07, 6.45) is 3.23. The van der Waals surface area contributed by atoms with Crippen LogP contribution in [-0.4, -0.2) is 43.8 Å². The Labute approximate surface area is 124 Å². The van der Waals surface area contributed by atoms with E-state index in [1.54, 1.807) is 37.3 Å². The van der Waals surface area contributed by atoms with Crippen molar-refractivity contribution in [3.63, 3.8) is 0 Å². The van der Waals surface area contributed by atoms with Gasteiger partial charge in [0.2, 0.25) is 0 Å². The minimum atomic E-state index is 0.605. The van der Waals surface area contributed by atoms with E-state index in [1.165, 1.54) is 0 Å². The highest BCUT2D eigenvalue weighted by atomic mass is 16.5. The van der Waals surface area contributed by atoms with Crippen LogP contribution in [0, 0.1) is 0 Å². The SMILES string of the molecule is COc1ccc(-c2nnc3c4[nH]cnc4ncn23)c(OC)c1. The molecule has 1 N–H and O–H groups in total. The molecule has 8 heteroatoms. The zero-order valence-electron chi connectivity index (χ0n) is 11.9. The van der Waals surface area contributed by atoms with Crippen molar-refractivity contribution in [3.05, 3.63) is 30.9 Å². The first kappa shape index (κ1) is 12.6. The summed E-state index contributed by atoms with van der Waals surface area (Å²) in [5, 5.41) is 8.49. The Hall–Kier alpha value is -3.16. The summed E-state index contributed by atoms with van der Waals surface area (Å²) in [5.74, 6) is 2.00. The van der Waals surface area contributed by atoms with Crippen LogP contribution in [0.25, 0.3) is 28.2 Å². The average molecular weight is 296 g/mol. The largest absolute Gasteiger partial charge is 0.497 e. The maximum atomic E-state index is 5.43. The number of hydrogen-bond acceptors (Lipinski definition) is 6. The van der Waals surface area contributed by atoms with Crippen molar-refractivity contribution in [2.75, 3.05) is 14.2 Å². The van der Waals surface area contributed by atoms with Crippen LogP contribution < -0.4 is 9.47 Å². The Morgan fingerprint density at radius 1 is 1.09 bits per heavy atom. The molecule has 3 aromatic heterocycles. The van der Waals surface area contributed by atoms with Gasteiger partial charge in [-0.15, -0.1) is 10.2 Å². The van der Waals surface area contributed by atoms with Crippen molar-refractivity contribution in [2.24, 2.45) is 0 Å². The molecule has 0 aliphatic heterocycles. The highest BCUT2D eigenvalue weighted by Crippen LogP contribution is 2.32. The summed E-state index contributed by atoms with van der Waals surface area (Å²) in [6.45, 7) is 0. The van der Waals surface area contributed by atoms with Crippen molar-refractivity contribution in [1.29, 1.82) is 0 Å². The number of aromatic nitrogens is 6. The second-order valence-corrected chi connectivity index (χ2v) is 4.63. The van der Waals surface area contributed by atoms with Crippen LogP contribution in [0.3, 0.4) is 0 Å². The number of nitrogens with one attached hydrogen (secondary N) is 1. The van der Waals surface area contributed by atoms with Gasteiger partial charge in [0.1, 0.15) is 23.3 Å². The molecule has 0 unspecified atom stereocenters. The van der Waals surface area contributed by atoms with Crippen LogP contribution in [0.5, 0.6) is 11.5 Å². The van der Waals surface area contributed by atoms with E-state index in [4.69, 9.17) is 9.47 Å². The van der Waals surface area contributed by atoms with Gasteiger partial charge in [0.25, 0.3) is 0 Å². The third kappa shape index (κ3) is 1.70. The summed E-state index contributed by atoms with van der Waals surface area (Å²) in [6, 6.07) is 5.53. The van der Waals surface area contributed by atoms with Crippen LogP contribution in [0.15, 0.2) is 30.9 Å². The van der Waals surface area contributed by atoms with Gasteiger partial charge in [-0.1, -0.05) is 0 Å². The van der Waals surface area contributed by atoms with Gasteiger partial charge in [-0.25, -0.2) is 9.97 Å². The number of aromatic amines is 1. The first-order chi connectivity index (χ1) is 10.8. The van der Waals surface area contributed by atoms with Crippen molar-refractivity contribution in [3.8, 4) is 22.9 Å². The quantitative estimate of drug-likeness (QED) is 0.618. The number of hydrogen-bond donors (Lipinski definition) is 1. The molecule has 0 bridgehead atoms. The van der Waals surface area contributed by atoms with E-state index in [0.29, 0.717) is 28.6 Å². The predicted octanol–water partition coefficient (Wildman–Crippen LogP) is 1.68. The Kier molecular flexibility index (Phi) is 2.68. The van der Waals surface area contributed by atoms with Gasteiger partial charge in [0.15, 0.2) is 17.1 Å². The van der Waals surface area contributed by atoms with Gasteiger partial charge in [0, 0.05) is 6.07 Å². The third-order valence-electron chi connectivity index (χ3n) is 3.48. The Balaban J connectivity index is 1.98. The van der Waals surface area contributed by atoms with Gasteiger partial charge in [0.05, 0.1) is 26.1 Å². The third-order valence-corrected chi connectivity index (χ3v) is 3.48. The molecule has 0 radical (unpaired) electrons. The van der Waals surface area contributed by atoms with E-state index in [-0.39, 0.29) is 0 Å². The molecule has 0 atom stereocenters. The maximum Gasteiger partial charge on any atom is 0.190 e. The fourth-order valence-electron chi connectivity index (χ4n) is 2.40. The molecule has 4 rings (SSSR count). The van der Waals surface area contributed by atoms with Gasteiger partial charge in [-0.3, -0.25) is 4.40 Å². The lowest BCUT2D eigenvalue weighted by Gasteiger charge is -2.09. The highest BCUT2D eigenvalue weighted by molar-refractivity contribution is 5.85. The van der Waals surface area contributed by atoms with Gasteiger partial charge in [-0.05, 0) is 12.1 Å². The zero-order valence-corrected chi connectivity index (χ0v) is 11.9. The first-order valence-electron chi connectivity index (χ1n) is 6.57. The molecule has 0 saturated heterocycles. The Morgan fingerprint density at radius 2 is 2.00 bits per heavy atom. The number of fused-ring (bicyclic) bond motifs is 3. The second-order valence-electron chi connectivity index (χ2n) is 4.63. The predicted molar refractivity (Wildman–Crippen MR) is 79.0 cm³/mol. The fraction of sp³-hybridized carbons (Fsp3) is 0.143. The lowest BCUT2D eigenvalue weighted by molar-refractivity contribution is 0.395. The first-order valence-corrected chi connectivity index (χ1v) is 6.57. The molecule has 22 heavy (non-hydrogen) atoms. The Morgan fingerprint density at radius 3 is 2.82 bits per heavy atom. The molecule has 1 aromatic carbocycles. The van der Waals surface area contributed by atoms with Crippen molar-refractivity contribution in [2.45, 2.75) is 0 Å². The summed E-state index contributed by atoms with van der Waals surface area (Å²) < 4.78 is 12.4. The molecule has 0 spiro atoms. The highest BCUT2D eigenvalue weighted by Gasteiger charge is 2.16. The fourth-order valence-corrected chi connectivity index (χ4v) is 2.40. The molecule has 0 fully saturated rings. The number of imidazole rings is 1. The lowest BCUT2D eigenvalue weighted by Crippen LogP contribution is -1.95. The molecule has 0 aliphatic carbocycles. The van der Waals surface area contributed by atoms with Crippen LogP contribution in [0.1, 0.15) is 0 Å². The second kappa shape index (κ2) is 4.69. The number of ether oxygens (including phenoxy) is 2. The summed E-state index contributed by atoms with van der Waals surface area (Å²) in [4.78, 5) is 11.4. The van der Waals surface area contributed by atoms with Gasteiger partial charge < -0.3 is 14.5 Å². The van der Waals surface area contributed by atoms with Crippen LogP contribution in [-0.2, 0) is 0 Å². The standard InChI is InChI=1S/C14H12N6O2/c1-21-8-3-4-9(10(5-8)22-2)13-18-19-14-11-12(16-6-15-11)17-7-20(13)14/h3-7H,1-2H3,(H,15,16). The minimum Gasteiger partial charge on any atom is -0.497 e. The van der Waals surface area contributed by atoms with Crippen molar-refractivity contribution >= 4 is 16.8 Å². The number of H-pyrrole nitrogens is 1.